The highest BCUT2D eigenvalue weighted by atomic mass is 32.1. The number of rotatable bonds is 9. The van der Waals surface area contributed by atoms with E-state index in [2.05, 4.69) is 51.6 Å². The number of aromatic nitrogens is 1. The Balaban J connectivity index is 1.33. The maximum Gasteiger partial charge on any atom is 0.253 e. The number of hydrogen-bond acceptors (Lipinski definition) is 7. The summed E-state index contributed by atoms with van der Waals surface area (Å²) in [7, 11) is 0. The Labute approximate surface area is 232 Å². The van der Waals surface area contributed by atoms with Gasteiger partial charge in [0, 0.05) is 50.0 Å². The van der Waals surface area contributed by atoms with Crippen molar-refractivity contribution in [1.82, 2.24) is 14.9 Å². The van der Waals surface area contributed by atoms with Gasteiger partial charge in [0.2, 0.25) is 6.41 Å². The predicted molar refractivity (Wildman–Crippen MR) is 156 cm³/mol. The standard InChI is InChI=1S/C30H32N6O2S/c1-22-19-25(23-9-11-27(12-10-23)34-14-16-36(31)17-15-34)7-8-26(22)20-35(21-37)28(24-5-3-2-4-6-24)29(38)33-30-32-13-18-39-30/h2-13,18-19,21,28H,14-17,20,31H2,1H3,(H,32,33,38). The first-order valence-electron chi connectivity index (χ1n) is 12.9. The molecule has 1 aliphatic heterocycles. The minimum Gasteiger partial charge on any atom is -0.369 e. The van der Waals surface area contributed by atoms with Crippen LogP contribution in [0.1, 0.15) is 22.7 Å². The summed E-state index contributed by atoms with van der Waals surface area (Å²) in [5.74, 6) is 5.59. The van der Waals surface area contributed by atoms with Crippen LogP contribution >= 0.6 is 11.3 Å². The average Bonchev–Trinajstić information content (AvgIpc) is 3.47. The quantitative estimate of drug-likeness (QED) is 0.241. The Morgan fingerprint density at radius 1 is 1.05 bits per heavy atom. The molecule has 1 atom stereocenters. The number of anilines is 2. The lowest BCUT2D eigenvalue weighted by Crippen LogP contribution is -2.49. The molecule has 4 aromatic rings. The van der Waals surface area contributed by atoms with Crippen LogP contribution in [-0.2, 0) is 16.1 Å². The average molecular weight is 541 g/mol. The summed E-state index contributed by atoms with van der Waals surface area (Å²) in [5.41, 5.74) is 6.20. The molecule has 3 aromatic carbocycles. The smallest absolute Gasteiger partial charge is 0.253 e. The van der Waals surface area contributed by atoms with Gasteiger partial charge in [-0.2, -0.15) is 0 Å². The molecule has 0 saturated carbocycles. The zero-order chi connectivity index (χ0) is 27.2. The second-order valence-corrected chi connectivity index (χ2v) is 10.5. The van der Waals surface area contributed by atoms with Crippen molar-refractivity contribution in [3.63, 3.8) is 0 Å². The predicted octanol–water partition coefficient (Wildman–Crippen LogP) is 4.45. The maximum atomic E-state index is 13.3. The number of hydrogen-bond donors (Lipinski definition) is 2. The van der Waals surface area contributed by atoms with Gasteiger partial charge in [0.25, 0.3) is 5.91 Å². The largest absolute Gasteiger partial charge is 0.369 e. The van der Waals surface area contributed by atoms with Crippen LogP contribution in [0, 0.1) is 6.92 Å². The maximum absolute atomic E-state index is 13.3. The van der Waals surface area contributed by atoms with Crippen molar-refractivity contribution in [2.45, 2.75) is 19.5 Å². The van der Waals surface area contributed by atoms with Crippen LogP contribution < -0.4 is 16.1 Å². The van der Waals surface area contributed by atoms with Crippen LogP contribution in [-0.4, -0.2) is 53.4 Å². The fourth-order valence-electron chi connectivity index (χ4n) is 4.87. The molecular weight excluding hydrogens is 508 g/mol. The van der Waals surface area contributed by atoms with Gasteiger partial charge < -0.3 is 9.80 Å². The zero-order valence-corrected chi connectivity index (χ0v) is 22.7. The van der Waals surface area contributed by atoms with Crippen LogP contribution in [0.4, 0.5) is 10.8 Å². The number of hydrazine groups is 1. The highest BCUT2D eigenvalue weighted by Gasteiger charge is 2.28. The van der Waals surface area contributed by atoms with Gasteiger partial charge in [-0.1, -0.05) is 60.7 Å². The van der Waals surface area contributed by atoms with E-state index in [4.69, 9.17) is 5.84 Å². The van der Waals surface area contributed by atoms with E-state index >= 15 is 0 Å². The molecule has 5 rings (SSSR count). The molecule has 39 heavy (non-hydrogen) atoms. The van der Waals surface area contributed by atoms with Crippen molar-refractivity contribution in [2.75, 3.05) is 36.4 Å². The van der Waals surface area contributed by atoms with Gasteiger partial charge in [-0.05, 0) is 46.9 Å². The van der Waals surface area contributed by atoms with E-state index in [1.165, 1.54) is 21.9 Å². The van der Waals surface area contributed by atoms with Crippen molar-refractivity contribution < 1.29 is 9.59 Å². The number of carbonyl (C=O) groups excluding carboxylic acids is 2. The Bertz CT molecular complexity index is 1390. The summed E-state index contributed by atoms with van der Waals surface area (Å²) in [6.07, 6.45) is 2.38. The molecule has 200 valence electrons. The van der Waals surface area contributed by atoms with Crippen LogP contribution in [0.2, 0.25) is 0 Å². The SMILES string of the molecule is Cc1cc(-c2ccc(N3CCN(N)CC3)cc2)ccc1CN(C=O)C(C(=O)Nc1nccs1)c1ccccc1. The molecule has 1 saturated heterocycles. The van der Waals surface area contributed by atoms with Crippen molar-refractivity contribution in [3.05, 3.63) is 101 Å². The topological polar surface area (TPSA) is 94.8 Å². The molecule has 1 unspecified atom stereocenters. The highest BCUT2D eigenvalue weighted by molar-refractivity contribution is 7.13. The van der Waals surface area contributed by atoms with Crippen molar-refractivity contribution in [3.8, 4) is 11.1 Å². The van der Waals surface area contributed by atoms with Gasteiger partial charge in [-0.15, -0.1) is 11.3 Å². The van der Waals surface area contributed by atoms with E-state index in [1.54, 1.807) is 11.6 Å². The molecule has 0 spiro atoms. The van der Waals surface area contributed by atoms with Crippen LogP contribution in [0.15, 0.2) is 84.4 Å². The summed E-state index contributed by atoms with van der Waals surface area (Å²) < 4.78 is 0. The molecule has 1 fully saturated rings. The second kappa shape index (κ2) is 12.2. The zero-order valence-electron chi connectivity index (χ0n) is 21.9. The number of aryl methyl sites for hydroxylation is 1. The first-order chi connectivity index (χ1) is 19.0. The van der Waals surface area contributed by atoms with Gasteiger partial charge in [0.1, 0.15) is 6.04 Å². The number of amides is 2. The third kappa shape index (κ3) is 6.34. The molecule has 1 aromatic heterocycles. The molecule has 3 N–H and O–H groups in total. The van der Waals surface area contributed by atoms with Gasteiger partial charge in [-0.3, -0.25) is 20.7 Å². The third-order valence-electron chi connectivity index (χ3n) is 7.07. The number of thiazole rings is 1. The van der Waals surface area contributed by atoms with Gasteiger partial charge >= 0.3 is 0 Å². The normalized spacial score (nSPS) is 14.6. The first kappa shape index (κ1) is 26.6. The van der Waals surface area contributed by atoms with E-state index in [-0.39, 0.29) is 5.91 Å². The van der Waals surface area contributed by atoms with E-state index in [9.17, 15) is 9.59 Å². The third-order valence-corrected chi connectivity index (χ3v) is 7.76. The molecule has 8 nitrogen and oxygen atoms in total. The number of nitrogens with zero attached hydrogens (tertiary/aromatic N) is 4. The summed E-state index contributed by atoms with van der Waals surface area (Å²) in [5, 5.41) is 7.01. The van der Waals surface area contributed by atoms with E-state index in [0.29, 0.717) is 11.7 Å². The Hall–Kier alpha value is -4.05. The Morgan fingerprint density at radius 3 is 2.41 bits per heavy atom. The number of benzene rings is 3. The highest BCUT2D eigenvalue weighted by Crippen LogP contribution is 2.29. The minimum absolute atomic E-state index is 0.298. The summed E-state index contributed by atoms with van der Waals surface area (Å²) in [4.78, 5) is 33.7. The Kier molecular flexibility index (Phi) is 8.31. The number of nitrogens with one attached hydrogen (secondary N) is 1. The van der Waals surface area contributed by atoms with Crippen LogP contribution in [0.3, 0.4) is 0 Å². The second-order valence-electron chi connectivity index (χ2n) is 9.63. The molecule has 2 heterocycles. The summed E-state index contributed by atoms with van der Waals surface area (Å²) in [6, 6.07) is 23.4. The molecular formula is C30H32N6O2S. The van der Waals surface area contributed by atoms with Crippen LogP contribution in [0.25, 0.3) is 11.1 Å². The fraction of sp³-hybridized carbons (Fsp3) is 0.233. The molecule has 1 aliphatic rings. The monoisotopic (exact) mass is 540 g/mol. The van der Waals surface area contributed by atoms with E-state index in [0.717, 1.165) is 60.4 Å². The molecule has 0 radical (unpaired) electrons. The lowest BCUT2D eigenvalue weighted by Gasteiger charge is -2.33. The molecule has 2 amide bonds. The van der Waals surface area contributed by atoms with Crippen molar-refractivity contribution in [1.29, 1.82) is 0 Å². The number of carbonyl (C=O) groups is 2. The minimum atomic E-state index is -0.791. The lowest BCUT2D eigenvalue weighted by atomic mass is 9.98. The van der Waals surface area contributed by atoms with Crippen molar-refractivity contribution in [2.24, 2.45) is 5.84 Å². The molecule has 9 heteroatoms. The summed E-state index contributed by atoms with van der Waals surface area (Å²) >= 11 is 1.34. The van der Waals surface area contributed by atoms with Crippen LogP contribution in [0.5, 0.6) is 0 Å². The van der Waals surface area contributed by atoms with Gasteiger partial charge in [0.05, 0.1) is 0 Å². The number of piperazine rings is 1. The number of nitrogens with two attached hydrogens (primary N) is 1. The lowest BCUT2D eigenvalue weighted by molar-refractivity contribution is -0.130. The first-order valence-corrected chi connectivity index (χ1v) is 13.8. The molecule has 0 aliphatic carbocycles. The molecule has 0 bridgehead atoms. The van der Waals surface area contributed by atoms with Crippen molar-refractivity contribution >= 4 is 34.5 Å². The van der Waals surface area contributed by atoms with E-state index in [1.807, 2.05) is 48.3 Å². The van der Waals surface area contributed by atoms with Gasteiger partial charge in [-0.25, -0.2) is 9.99 Å². The Morgan fingerprint density at radius 2 is 1.77 bits per heavy atom. The van der Waals surface area contributed by atoms with Gasteiger partial charge in [0.15, 0.2) is 5.13 Å². The van der Waals surface area contributed by atoms with E-state index < -0.39 is 6.04 Å². The fourth-order valence-corrected chi connectivity index (χ4v) is 5.40. The summed E-state index contributed by atoms with van der Waals surface area (Å²) in [6.45, 7) is 5.89.